The van der Waals surface area contributed by atoms with Gasteiger partial charge in [0.15, 0.2) is 5.60 Å². The molecule has 0 N–H and O–H groups in total. The van der Waals surface area contributed by atoms with Crippen LogP contribution in [0.25, 0.3) is 0 Å². The summed E-state index contributed by atoms with van der Waals surface area (Å²) in [5.74, 6) is -0.221. The number of rotatable bonds is 10. The molecule has 0 aromatic carbocycles. The highest BCUT2D eigenvalue weighted by molar-refractivity contribution is 6.02. The Hall–Kier alpha value is -1.10. The Labute approximate surface area is 128 Å². The molecule has 0 aromatic heterocycles. The molecule has 1 heterocycles. The van der Waals surface area contributed by atoms with Crippen LogP contribution in [0.1, 0.15) is 59.8 Å². The molecule has 0 aromatic rings. The van der Waals surface area contributed by atoms with Crippen LogP contribution in [0.15, 0.2) is 0 Å². The van der Waals surface area contributed by atoms with Crippen molar-refractivity contribution in [1.82, 2.24) is 9.80 Å². The molecule has 5 nitrogen and oxygen atoms in total. The van der Waals surface area contributed by atoms with Crippen molar-refractivity contribution in [2.24, 2.45) is 0 Å². The number of nitrogens with zero attached hydrogens (tertiary/aromatic N) is 2. The van der Waals surface area contributed by atoms with Gasteiger partial charge in [0.25, 0.3) is 5.91 Å². The van der Waals surface area contributed by atoms with Crippen molar-refractivity contribution in [2.45, 2.75) is 65.4 Å². The van der Waals surface area contributed by atoms with E-state index in [0.717, 1.165) is 26.1 Å². The molecule has 1 fully saturated rings. The zero-order chi connectivity index (χ0) is 15.9. The van der Waals surface area contributed by atoms with E-state index in [9.17, 15) is 9.59 Å². The number of ether oxygens (including phenoxy) is 1. The standard InChI is InChI=1S/C16H30N2O3/c1-5-7-10-17(11-8-6-2)12-9-13-18-14(19)16(3,4)21-15(18)20/h5-13H2,1-4H3. The van der Waals surface area contributed by atoms with Crippen LogP contribution >= 0.6 is 0 Å². The van der Waals surface area contributed by atoms with E-state index in [0.29, 0.717) is 6.54 Å². The number of unbranched alkanes of at least 4 members (excludes halogenated alkanes) is 2. The largest absolute Gasteiger partial charge is 0.433 e. The van der Waals surface area contributed by atoms with Gasteiger partial charge in [-0.3, -0.25) is 4.79 Å². The van der Waals surface area contributed by atoms with Crippen molar-refractivity contribution >= 4 is 12.0 Å². The fourth-order valence-corrected chi connectivity index (χ4v) is 2.47. The van der Waals surface area contributed by atoms with Gasteiger partial charge in [0, 0.05) is 6.54 Å². The Kier molecular flexibility index (Phi) is 7.15. The predicted molar refractivity (Wildman–Crippen MR) is 83.1 cm³/mol. The number of hydrogen-bond donors (Lipinski definition) is 0. The molecule has 1 rings (SSSR count). The molecular formula is C16H30N2O3. The minimum absolute atomic E-state index is 0.221. The van der Waals surface area contributed by atoms with E-state index in [1.165, 1.54) is 30.6 Å². The first kappa shape index (κ1) is 18.0. The highest BCUT2D eigenvalue weighted by Crippen LogP contribution is 2.23. The smallest absolute Gasteiger partial charge is 0.417 e. The molecule has 0 bridgehead atoms. The molecule has 0 atom stereocenters. The topological polar surface area (TPSA) is 49.9 Å². The molecule has 0 radical (unpaired) electrons. The van der Waals surface area contributed by atoms with E-state index in [4.69, 9.17) is 4.74 Å². The normalized spacial score (nSPS) is 17.7. The number of cyclic esters (lactones) is 1. The maximum Gasteiger partial charge on any atom is 0.417 e. The number of imide groups is 1. The Morgan fingerprint density at radius 3 is 1.95 bits per heavy atom. The Balaban J connectivity index is 2.39. The van der Waals surface area contributed by atoms with Crippen molar-refractivity contribution in [3.63, 3.8) is 0 Å². The molecule has 2 amide bonds. The van der Waals surface area contributed by atoms with E-state index in [-0.39, 0.29) is 5.91 Å². The second kappa shape index (κ2) is 8.37. The Bertz CT molecular complexity index is 347. The molecule has 0 aliphatic carbocycles. The van der Waals surface area contributed by atoms with Crippen molar-refractivity contribution in [1.29, 1.82) is 0 Å². The minimum atomic E-state index is -0.999. The lowest BCUT2D eigenvalue weighted by atomic mass is 10.1. The van der Waals surface area contributed by atoms with E-state index < -0.39 is 11.7 Å². The van der Waals surface area contributed by atoms with Crippen LogP contribution in [0.3, 0.4) is 0 Å². The third kappa shape index (κ3) is 5.30. The molecule has 122 valence electrons. The van der Waals surface area contributed by atoms with E-state index >= 15 is 0 Å². The van der Waals surface area contributed by atoms with Crippen molar-refractivity contribution < 1.29 is 14.3 Å². The summed E-state index contributed by atoms with van der Waals surface area (Å²) < 4.78 is 5.08. The molecule has 1 aliphatic rings. The van der Waals surface area contributed by atoms with Gasteiger partial charge in [-0.2, -0.15) is 0 Å². The van der Waals surface area contributed by atoms with Gasteiger partial charge in [-0.15, -0.1) is 0 Å². The zero-order valence-electron chi connectivity index (χ0n) is 14.0. The molecule has 1 saturated heterocycles. The van der Waals surface area contributed by atoms with Crippen LogP contribution in [-0.4, -0.2) is 53.6 Å². The van der Waals surface area contributed by atoms with E-state index in [1.54, 1.807) is 13.8 Å². The third-order valence-electron chi connectivity index (χ3n) is 3.83. The number of carbonyl (C=O) groups is 2. The fraction of sp³-hybridized carbons (Fsp3) is 0.875. The van der Waals surface area contributed by atoms with Gasteiger partial charge < -0.3 is 9.64 Å². The van der Waals surface area contributed by atoms with Gasteiger partial charge >= 0.3 is 6.09 Å². The number of hydrogen-bond acceptors (Lipinski definition) is 4. The maximum absolute atomic E-state index is 12.0. The molecule has 1 aliphatic heterocycles. The summed E-state index contributed by atoms with van der Waals surface area (Å²) in [5.41, 5.74) is -0.999. The van der Waals surface area contributed by atoms with Crippen LogP contribution in [-0.2, 0) is 9.53 Å². The van der Waals surface area contributed by atoms with Gasteiger partial charge in [-0.1, -0.05) is 26.7 Å². The maximum atomic E-state index is 12.0. The lowest BCUT2D eigenvalue weighted by Gasteiger charge is -2.22. The minimum Gasteiger partial charge on any atom is -0.433 e. The van der Waals surface area contributed by atoms with Crippen LogP contribution < -0.4 is 0 Å². The van der Waals surface area contributed by atoms with Crippen LogP contribution in [0.2, 0.25) is 0 Å². The third-order valence-corrected chi connectivity index (χ3v) is 3.83. The average molecular weight is 298 g/mol. The number of carbonyl (C=O) groups excluding carboxylic acids is 2. The Morgan fingerprint density at radius 2 is 1.52 bits per heavy atom. The summed E-state index contributed by atoms with van der Waals surface area (Å²) in [7, 11) is 0. The molecular weight excluding hydrogens is 268 g/mol. The highest BCUT2D eigenvalue weighted by atomic mass is 16.6. The molecule has 0 saturated carbocycles. The lowest BCUT2D eigenvalue weighted by molar-refractivity contribution is -0.134. The number of amides is 2. The zero-order valence-corrected chi connectivity index (χ0v) is 14.0. The van der Waals surface area contributed by atoms with Gasteiger partial charge in [-0.05, 0) is 52.7 Å². The summed E-state index contributed by atoms with van der Waals surface area (Å²) >= 11 is 0. The molecule has 5 heteroatoms. The summed E-state index contributed by atoms with van der Waals surface area (Å²) in [4.78, 5) is 27.4. The second-order valence-corrected chi connectivity index (χ2v) is 6.24. The van der Waals surface area contributed by atoms with Crippen molar-refractivity contribution in [3.05, 3.63) is 0 Å². The highest BCUT2D eigenvalue weighted by Gasteiger charge is 2.46. The van der Waals surface area contributed by atoms with Crippen LogP contribution in [0.5, 0.6) is 0 Å². The first-order valence-electron chi connectivity index (χ1n) is 8.19. The second-order valence-electron chi connectivity index (χ2n) is 6.24. The van der Waals surface area contributed by atoms with Gasteiger partial charge in [-0.25, -0.2) is 9.69 Å². The lowest BCUT2D eigenvalue weighted by Crippen LogP contribution is -2.38. The van der Waals surface area contributed by atoms with Crippen LogP contribution in [0, 0.1) is 0 Å². The Morgan fingerprint density at radius 1 is 1.00 bits per heavy atom. The summed E-state index contributed by atoms with van der Waals surface area (Å²) in [5, 5.41) is 0. The van der Waals surface area contributed by atoms with Crippen molar-refractivity contribution in [3.8, 4) is 0 Å². The summed E-state index contributed by atoms with van der Waals surface area (Å²) in [6.45, 7) is 11.2. The van der Waals surface area contributed by atoms with E-state index in [1.807, 2.05) is 0 Å². The first-order valence-corrected chi connectivity index (χ1v) is 8.19. The average Bonchev–Trinajstić information content (AvgIpc) is 2.62. The van der Waals surface area contributed by atoms with Gasteiger partial charge in [0.1, 0.15) is 0 Å². The summed E-state index contributed by atoms with van der Waals surface area (Å²) in [6, 6.07) is 0. The van der Waals surface area contributed by atoms with Crippen molar-refractivity contribution in [2.75, 3.05) is 26.2 Å². The predicted octanol–water partition coefficient (Wildman–Crippen LogP) is 3.04. The monoisotopic (exact) mass is 298 g/mol. The quantitative estimate of drug-likeness (QED) is 0.622. The molecule has 21 heavy (non-hydrogen) atoms. The summed E-state index contributed by atoms with van der Waals surface area (Å²) in [6.07, 6.45) is 5.08. The fourth-order valence-electron chi connectivity index (χ4n) is 2.47. The first-order chi connectivity index (χ1) is 9.92. The van der Waals surface area contributed by atoms with E-state index in [2.05, 4.69) is 18.7 Å². The SMILES string of the molecule is CCCCN(CCCC)CCCN1C(=O)OC(C)(C)C1=O. The molecule has 0 unspecified atom stereocenters. The van der Waals surface area contributed by atoms with Gasteiger partial charge in [0.05, 0.1) is 0 Å². The molecule has 0 spiro atoms. The van der Waals surface area contributed by atoms with Crippen LogP contribution in [0.4, 0.5) is 4.79 Å². The van der Waals surface area contributed by atoms with Gasteiger partial charge in [0.2, 0.25) is 0 Å².